The smallest absolute Gasteiger partial charge is 0.0974 e. The topological polar surface area (TPSA) is 63.9 Å². The van der Waals surface area contributed by atoms with E-state index in [1.54, 1.807) is 0 Å². The lowest BCUT2D eigenvalue weighted by molar-refractivity contribution is 0.0138. The van der Waals surface area contributed by atoms with E-state index in [2.05, 4.69) is 0 Å². The van der Waals surface area contributed by atoms with Gasteiger partial charge in [0.05, 0.1) is 13.5 Å². The highest BCUT2D eigenvalue weighted by Gasteiger charge is 2.05. The molecule has 0 aliphatic rings. The molecule has 0 aliphatic carbocycles. The standard InChI is InChI=1S/C6H15NO3/c1-6(3-8)2-7(4-9)5-10/h6,8-10H,2-5H2,1H3. The highest BCUT2D eigenvalue weighted by atomic mass is 16.3. The van der Waals surface area contributed by atoms with Crippen molar-refractivity contribution in [3.8, 4) is 0 Å². The first-order valence-electron chi connectivity index (χ1n) is 3.29. The molecule has 4 heteroatoms. The van der Waals surface area contributed by atoms with Crippen LogP contribution in [-0.4, -0.2) is 46.8 Å². The van der Waals surface area contributed by atoms with Crippen molar-refractivity contribution in [2.75, 3.05) is 26.6 Å². The third-order valence-electron chi connectivity index (χ3n) is 1.28. The summed E-state index contributed by atoms with van der Waals surface area (Å²) in [5, 5.41) is 25.7. The summed E-state index contributed by atoms with van der Waals surface area (Å²) >= 11 is 0. The Kier molecular flexibility index (Phi) is 5.52. The maximum absolute atomic E-state index is 8.58. The van der Waals surface area contributed by atoms with Crippen LogP contribution >= 0.6 is 0 Å². The Morgan fingerprint density at radius 3 is 2.00 bits per heavy atom. The molecule has 0 radical (unpaired) electrons. The molecule has 0 spiro atoms. The zero-order chi connectivity index (χ0) is 7.98. The van der Waals surface area contributed by atoms with Gasteiger partial charge in [-0.2, -0.15) is 0 Å². The van der Waals surface area contributed by atoms with E-state index in [4.69, 9.17) is 15.3 Å². The van der Waals surface area contributed by atoms with Crippen molar-refractivity contribution in [2.45, 2.75) is 6.92 Å². The predicted molar refractivity (Wildman–Crippen MR) is 37.1 cm³/mol. The number of nitrogens with zero attached hydrogens (tertiary/aromatic N) is 1. The van der Waals surface area contributed by atoms with Gasteiger partial charge in [-0.3, -0.25) is 4.90 Å². The Morgan fingerprint density at radius 1 is 1.20 bits per heavy atom. The van der Waals surface area contributed by atoms with Gasteiger partial charge in [0, 0.05) is 13.2 Å². The van der Waals surface area contributed by atoms with Crippen molar-refractivity contribution < 1.29 is 15.3 Å². The van der Waals surface area contributed by atoms with Gasteiger partial charge in [-0.25, -0.2) is 0 Å². The fourth-order valence-corrected chi connectivity index (χ4v) is 0.659. The number of aliphatic hydroxyl groups is 3. The summed E-state index contributed by atoms with van der Waals surface area (Å²) < 4.78 is 0. The van der Waals surface area contributed by atoms with Crippen molar-refractivity contribution in [2.24, 2.45) is 5.92 Å². The van der Waals surface area contributed by atoms with Gasteiger partial charge in [-0.15, -0.1) is 0 Å². The van der Waals surface area contributed by atoms with Gasteiger partial charge in [0.2, 0.25) is 0 Å². The quantitative estimate of drug-likeness (QED) is 0.430. The molecule has 10 heavy (non-hydrogen) atoms. The molecule has 0 aromatic heterocycles. The average molecular weight is 149 g/mol. The molecular weight excluding hydrogens is 134 g/mol. The zero-order valence-corrected chi connectivity index (χ0v) is 6.19. The monoisotopic (exact) mass is 149 g/mol. The Hall–Kier alpha value is -0.160. The molecular formula is C6H15NO3. The minimum absolute atomic E-state index is 0.0799. The SMILES string of the molecule is CC(CO)CN(CO)CO. The minimum atomic E-state index is -0.166. The van der Waals surface area contributed by atoms with E-state index in [0.717, 1.165) is 0 Å². The third-order valence-corrected chi connectivity index (χ3v) is 1.28. The van der Waals surface area contributed by atoms with E-state index in [9.17, 15) is 0 Å². The summed E-state index contributed by atoms with van der Waals surface area (Å²) in [6.45, 7) is 2.11. The molecule has 0 aliphatic heterocycles. The Morgan fingerprint density at radius 2 is 1.70 bits per heavy atom. The fraction of sp³-hybridized carbons (Fsp3) is 1.00. The second-order valence-electron chi connectivity index (χ2n) is 2.42. The minimum Gasteiger partial charge on any atom is -0.396 e. The molecule has 3 N–H and O–H groups in total. The van der Waals surface area contributed by atoms with Crippen LogP contribution < -0.4 is 0 Å². The van der Waals surface area contributed by atoms with Crippen molar-refractivity contribution >= 4 is 0 Å². The number of hydrogen-bond acceptors (Lipinski definition) is 4. The van der Waals surface area contributed by atoms with E-state index < -0.39 is 0 Å². The Balaban J connectivity index is 3.41. The summed E-state index contributed by atoms with van der Waals surface area (Å²) in [6, 6.07) is 0. The maximum atomic E-state index is 8.58. The summed E-state index contributed by atoms with van der Waals surface area (Å²) in [5.41, 5.74) is 0. The summed E-state index contributed by atoms with van der Waals surface area (Å²) in [6.07, 6.45) is 0. The van der Waals surface area contributed by atoms with Crippen LogP contribution in [0.15, 0.2) is 0 Å². The Bertz CT molecular complexity index is 75.4. The largest absolute Gasteiger partial charge is 0.396 e. The summed E-state index contributed by atoms with van der Waals surface area (Å²) in [4.78, 5) is 1.43. The highest BCUT2D eigenvalue weighted by molar-refractivity contribution is 4.54. The van der Waals surface area contributed by atoms with E-state index >= 15 is 0 Å². The molecule has 4 nitrogen and oxygen atoms in total. The predicted octanol–water partition coefficient (Wildman–Crippen LogP) is -1.18. The molecule has 1 atom stereocenters. The second kappa shape index (κ2) is 5.61. The van der Waals surface area contributed by atoms with Crippen molar-refractivity contribution in [3.63, 3.8) is 0 Å². The second-order valence-corrected chi connectivity index (χ2v) is 2.42. The lowest BCUT2D eigenvalue weighted by atomic mass is 10.2. The van der Waals surface area contributed by atoms with Crippen LogP contribution in [-0.2, 0) is 0 Å². The number of hydrogen-bond donors (Lipinski definition) is 3. The lowest BCUT2D eigenvalue weighted by Crippen LogP contribution is -2.31. The first-order chi connectivity index (χ1) is 4.74. The van der Waals surface area contributed by atoms with Crippen molar-refractivity contribution in [1.82, 2.24) is 4.90 Å². The van der Waals surface area contributed by atoms with Gasteiger partial charge in [-0.05, 0) is 5.92 Å². The van der Waals surface area contributed by atoms with Gasteiger partial charge in [0.15, 0.2) is 0 Å². The lowest BCUT2D eigenvalue weighted by Gasteiger charge is -2.19. The van der Waals surface area contributed by atoms with Crippen LogP contribution in [0.4, 0.5) is 0 Å². The van der Waals surface area contributed by atoms with Crippen LogP contribution in [0.5, 0.6) is 0 Å². The van der Waals surface area contributed by atoms with Crippen LogP contribution in [0.25, 0.3) is 0 Å². The number of aliphatic hydroxyl groups excluding tert-OH is 3. The van der Waals surface area contributed by atoms with E-state index in [0.29, 0.717) is 6.54 Å². The molecule has 0 rings (SSSR count). The van der Waals surface area contributed by atoms with Gasteiger partial charge in [0.25, 0.3) is 0 Å². The normalized spacial score (nSPS) is 14.1. The summed E-state index contributed by atoms with van der Waals surface area (Å²) in [5.74, 6) is 0.0966. The van der Waals surface area contributed by atoms with Gasteiger partial charge in [0.1, 0.15) is 0 Å². The van der Waals surface area contributed by atoms with E-state index in [-0.39, 0.29) is 26.0 Å². The van der Waals surface area contributed by atoms with E-state index in [1.165, 1.54) is 4.90 Å². The van der Waals surface area contributed by atoms with Crippen LogP contribution in [0.2, 0.25) is 0 Å². The first-order valence-corrected chi connectivity index (χ1v) is 3.29. The zero-order valence-electron chi connectivity index (χ0n) is 6.19. The Labute approximate surface area is 60.7 Å². The van der Waals surface area contributed by atoms with Crippen LogP contribution in [0.3, 0.4) is 0 Å². The first kappa shape index (κ1) is 9.84. The van der Waals surface area contributed by atoms with Crippen molar-refractivity contribution in [3.05, 3.63) is 0 Å². The number of rotatable bonds is 5. The molecule has 0 saturated heterocycles. The van der Waals surface area contributed by atoms with Crippen LogP contribution in [0.1, 0.15) is 6.92 Å². The molecule has 0 heterocycles. The molecule has 0 bridgehead atoms. The van der Waals surface area contributed by atoms with Gasteiger partial charge < -0.3 is 15.3 Å². The van der Waals surface area contributed by atoms with Crippen LogP contribution in [0, 0.1) is 5.92 Å². The molecule has 0 saturated carbocycles. The van der Waals surface area contributed by atoms with E-state index in [1.807, 2.05) is 6.92 Å². The molecule has 0 amide bonds. The molecule has 62 valence electrons. The molecule has 0 fully saturated rings. The molecule has 0 aromatic carbocycles. The highest BCUT2D eigenvalue weighted by Crippen LogP contribution is 1.95. The third kappa shape index (κ3) is 3.79. The van der Waals surface area contributed by atoms with Crippen molar-refractivity contribution in [1.29, 1.82) is 0 Å². The molecule has 1 unspecified atom stereocenters. The fourth-order valence-electron chi connectivity index (χ4n) is 0.659. The maximum Gasteiger partial charge on any atom is 0.0974 e. The van der Waals surface area contributed by atoms with Gasteiger partial charge in [-0.1, -0.05) is 6.92 Å². The average Bonchev–Trinajstić information content (AvgIpc) is 1.99. The van der Waals surface area contributed by atoms with Gasteiger partial charge >= 0.3 is 0 Å². The molecule has 0 aromatic rings. The summed E-state index contributed by atoms with van der Waals surface area (Å²) in [7, 11) is 0.